The minimum Gasteiger partial charge on any atom is -0.321 e. The predicted octanol–water partition coefficient (Wildman–Crippen LogP) is 1.03. The van der Waals surface area contributed by atoms with Crippen LogP contribution in [-0.4, -0.2) is 15.9 Å². The van der Waals surface area contributed by atoms with Crippen LogP contribution in [0.1, 0.15) is 16.1 Å². The molecule has 4 N–H and O–H groups in total. The number of nitrogens with two attached hydrogens (primary N) is 1. The molecule has 1 amide bonds. The zero-order chi connectivity index (χ0) is 14.5. The number of carbonyl (C=O) groups excluding carboxylic acids is 1. The Labute approximate surface area is 113 Å². The number of hydrogen-bond acceptors (Lipinski definition) is 6. The molecule has 20 heavy (non-hydrogen) atoms. The van der Waals surface area contributed by atoms with Crippen molar-refractivity contribution in [2.45, 2.75) is 0 Å². The Morgan fingerprint density at radius 3 is 2.90 bits per heavy atom. The Kier molecular flexibility index (Phi) is 3.83. The Morgan fingerprint density at radius 1 is 1.40 bits per heavy atom. The van der Waals surface area contributed by atoms with Crippen LogP contribution in [0, 0.1) is 17.1 Å². The van der Waals surface area contributed by atoms with Crippen LogP contribution in [-0.2, 0) is 0 Å². The number of hydrazine groups is 1. The van der Waals surface area contributed by atoms with Gasteiger partial charge in [-0.05, 0) is 18.2 Å². The van der Waals surface area contributed by atoms with E-state index in [-0.39, 0.29) is 22.8 Å². The van der Waals surface area contributed by atoms with Crippen molar-refractivity contribution in [1.82, 2.24) is 9.97 Å². The van der Waals surface area contributed by atoms with Gasteiger partial charge in [0.25, 0.3) is 5.91 Å². The second-order valence-corrected chi connectivity index (χ2v) is 3.69. The van der Waals surface area contributed by atoms with E-state index in [0.29, 0.717) is 0 Å². The van der Waals surface area contributed by atoms with E-state index < -0.39 is 11.7 Å². The molecule has 0 radical (unpaired) electrons. The molecule has 8 heteroatoms. The van der Waals surface area contributed by atoms with Gasteiger partial charge in [0.05, 0.1) is 18.0 Å². The zero-order valence-electron chi connectivity index (χ0n) is 10.1. The minimum atomic E-state index is -0.653. The van der Waals surface area contributed by atoms with E-state index in [1.54, 1.807) is 6.07 Å². The highest BCUT2D eigenvalue weighted by Gasteiger charge is 2.10. The molecule has 7 nitrogen and oxygen atoms in total. The summed E-state index contributed by atoms with van der Waals surface area (Å²) in [6, 6.07) is 5.35. The maximum absolute atomic E-state index is 13.1. The van der Waals surface area contributed by atoms with Gasteiger partial charge in [-0.2, -0.15) is 5.26 Å². The van der Waals surface area contributed by atoms with Gasteiger partial charge < -0.3 is 10.7 Å². The third-order valence-electron chi connectivity index (χ3n) is 2.36. The van der Waals surface area contributed by atoms with Gasteiger partial charge >= 0.3 is 0 Å². The van der Waals surface area contributed by atoms with E-state index in [9.17, 15) is 9.18 Å². The fourth-order valence-electron chi connectivity index (χ4n) is 1.43. The summed E-state index contributed by atoms with van der Waals surface area (Å²) < 4.78 is 13.1. The van der Waals surface area contributed by atoms with Gasteiger partial charge in [0, 0.05) is 5.69 Å². The van der Waals surface area contributed by atoms with Crippen LogP contribution < -0.4 is 16.6 Å². The summed E-state index contributed by atoms with van der Waals surface area (Å²) in [5.41, 5.74) is 2.41. The molecule has 2 rings (SSSR count). The number of anilines is 2. The van der Waals surface area contributed by atoms with Crippen LogP contribution in [0.2, 0.25) is 0 Å². The first kappa shape index (κ1) is 13.4. The molecule has 0 aliphatic heterocycles. The molecule has 100 valence electrons. The number of nitriles is 1. The largest absolute Gasteiger partial charge is 0.321 e. The number of rotatable bonds is 3. The van der Waals surface area contributed by atoms with Gasteiger partial charge in [-0.1, -0.05) is 0 Å². The van der Waals surface area contributed by atoms with Crippen molar-refractivity contribution in [2.75, 3.05) is 10.7 Å². The molecule has 0 fully saturated rings. The number of aromatic nitrogens is 2. The number of hydrogen-bond donors (Lipinski definition) is 3. The summed E-state index contributed by atoms with van der Waals surface area (Å²) >= 11 is 0. The van der Waals surface area contributed by atoms with E-state index in [0.717, 1.165) is 6.07 Å². The van der Waals surface area contributed by atoms with Crippen LogP contribution in [0.4, 0.5) is 15.9 Å². The number of nitrogen functional groups attached to an aromatic ring is 1. The Balaban J connectivity index is 2.21. The molecule has 0 atom stereocenters. The summed E-state index contributed by atoms with van der Waals surface area (Å²) in [7, 11) is 0. The van der Waals surface area contributed by atoms with Gasteiger partial charge in [-0.15, -0.1) is 0 Å². The molecule has 0 aliphatic rings. The highest BCUT2D eigenvalue weighted by Crippen LogP contribution is 2.14. The average molecular weight is 272 g/mol. The maximum atomic E-state index is 13.1. The molecule has 0 bridgehead atoms. The third-order valence-corrected chi connectivity index (χ3v) is 2.36. The Morgan fingerprint density at radius 2 is 2.20 bits per heavy atom. The van der Waals surface area contributed by atoms with Crippen molar-refractivity contribution in [2.24, 2.45) is 5.84 Å². The Bertz CT molecular complexity index is 697. The average Bonchev–Trinajstić information content (AvgIpc) is 2.49. The van der Waals surface area contributed by atoms with Gasteiger partial charge in [-0.25, -0.2) is 15.2 Å². The van der Waals surface area contributed by atoms with Gasteiger partial charge in [-0.3, -0.25) is 9.78 Å². The van der Waals surface area contributed by atoms with E-state index >= 15 is 0 Å². The van der Waals surface area contributed by atoms with Crippen molar-refractivity contribution < 1.29 is 9.18 Å². The quantitative estimate of drug-likeness (QED) is 0.567. The lowest BCUT2D eigenvalue weighted by molar-refractivity contribution is 0.102. The summed E-state index contributed by atoms with van der Waals surface area (Å²) in [5.74, 6) is 4.19. The molecule has 0 unspecified atom stereocenters. The number of nitrogens with one attached hydrogen (secondary N) is 2. The van der Waals surface area contributed by atoms with E-state index in [1.807, 2.05) is 0 Å². The lowest BCUT2D eigenvalue weighted by Crippen LogP contribution is -2.16. The fraction of sp³-hybridized carbons (Fsp3) is 0. The Hall–Kier alpha value is -3.05. The molecule has 0 aliphatic carbocycles. The number of halogens is 1. The maximum Gasteiger partial charge on any atom is 0.275 e. The smallest absolute Gasteiger partial charge is 0.275 e. The normalized spacial score (nSPS) is 9.65. The minimum absolute atomic E-state index is 0.0308. The molecule has 2 aromatic rings. The standard InChI is InChI=1S/C12H9FN6O/c13-9-2-1-8(3-7(9)4-14)17-12(20)10-5-16-6-11(18-10)19-15/h1-3,5-6H,15H2,(H,17,20)(H,18,19). The number of benzene rings is 1. The van der Waals surface area contributed by atoms with Crippen LogP contribution >= 0.6 is 0 Å². The SMILES string of the molecule is N#Cc1cc(NC(=O)c2cncc(NN)n2)ccc1F. The van der Waals surface area contributed by atoms with Crippen molar-refractivity contribution in [1.29, 1.82) is 5.26 Å². The van der Waals surface area contributed by atoms with Crippen molar-refractivity contribution >= 4 is 17.4 Å². The zero-order valence-corrected chi connectivity index (χ0v) is 10.1. The first-order valence-corrected chi connectivity index (χ1v) is 5.43. The lowest BCUT2D eigenvalue weighted by Gasteiger charge is -2.06. The molecular formula is C12H9FN6O. The second-order valence-electron chi connectivity index (χ2n) is 3.69. The van der Waals surface area contributed by atoms with E-state index in [1.165, 1.54) is 24.5 Å². The topological polar surface area (TPSA) is 117 Å². The van der Waals surface area contributed by atoms with Crippen LogP contribution in [0.25, 0.3) is 0 Å². The highest BCUT2D eigenvalue weighted by molar-refractivity contribution is 6.02. The van der Waals surface area contributed by atoms with Crippen molar-refractivity contribution in [3.63, 3.8) is 0 Å². The lowest BCUT2D eigenvalue weighted by atomic mass is 10.2. The highest BCUT2D eigenvalue weighted by atomic mass is 19.1. The fourth-order valence-corrected chi connectivity index (χ4v) is 1.43. The summed E-state index contributed by atoms with van der Waals surface area (Å²) in [5, 5.41) is 11.2. The molecule has 0 saturated carbocycles. The van der Waals surface area contributed by atoms with E-state index in [2.05, 4.69) is 20.7 Å². The first-order chi connectivity index (χ1) is 9.63. The predicted molar refractivity (Wildman–Crippen MR) is 68.9 cm³/mol. The molecule has 1 heterocycles. The van der Waals surface area contributed by atoms with Gasteiger partial charge in [0.1, 0.15) is 17.6 Å². The third kappa shape index (κ3) is 2.85. The molecule has 0 spiro atoms. The summed E-state index contributed by atoms with van der Waals surface area (Å²) in [6.07, 6.45) is 2.60. The number of nitrogens with zero attached hydrogens (tertiary/aromatic N) is 3. The van der Waals surface area contributed by atoms with E-state index in [4.69, 9.17) is 11.1 Å². The molecule has 1 aromatic heterocycles. The first-order valence-electron chi connectivity index (χ1n) is 5.43. The molecule has 1 aromatic carbocycles. The van der Waals surface area contributed by atoms with Crippen molar-refractivity contribution in [3.05, 3.63) is 47.7 Å². The van der Waals surface area contributed by atoms with Gasteiger partial charge in [0.2, 0.25) is 0 Å². The van der Waals surface area contributed by atoms with Crippen LogP contribution in [0.5, 0.6) is 0 Å². The van der Waals surface area contributed by atoms with Crippen LogP contribution in [0.3, 0.4) is 0 Å². The molecule has 0 saturated heterocycles. The van der Waals surface area contributed by atoms with Crippen LogP contribution in [0.15, 0.2) is 30.6 Å². The summed E-state index contributed by atoms with van der Waals surface area (Å²) in [4.78, 5) is 19.6. The second kappa shape index (κ2) is 5.73. The summed E-state index contributed by atoms with van der Waals surface area (Å²) in [6.45, 7) is 0. The van der Waals surface area contributed by atoms with Gasteiger partial charge in [0.15, 0.2) is 5.82 Å². The number of amides is 1. The molecular weight excluding hydrogens is 263 g/mol. The number of carbonyl (C=O) groups is 1. The van der Waals surface area contributed by atoms with Crippen molar-refractivity contribution in [3.8, 4) is 6.07 Å². The monoisotopic (exact) mass is 272 g/mol.